The van der Waals surface area contributed by atoms with Crippen LogP contribution in [0, 0.1) is 6.92 Å². The van der Waals surface area contributed by atoms with Gasteiger partial charge in [0, 0.05) is 24.0 Å². The van der Waals surface area contributed by atoms with Gasteiger partial charge in [0.15, 0.2) is 0 Å². The highest BCUT2D eigenvalue weighted by Crippen LogP contribution is 2.26. The van der Waals surface area contributed by atoms with Gasteiger partial charge in [-0.15, -0.1) is 0 Å². The van der Waals surface area contributed by atoms with E-state index in [1.807, 2.05) is 68.4 Å². The lowest BCUT2D eigenvalue weighted by Crippen LogP contribution is -2.18. The predicted molar refractivity (Wildman–Crippen MR) is 147 cm³/mol. The Morgan fingerprint density at radius 2 is 1.78 bits per heavy atom. The molecule has 0 aromatic heterocycles. The second-order valence-electron chi connectivity index (χ2n) is 8.90. The number of carbonyl (C=O) groups is 1. The molecule has 0 bridgehead atoms. The smallest absolute Gasteiger partial charge is 0.305 e. The highest BCUT2D eigenvalue weighted by atomic mass is 16.6. The zero-order valence-electron chi connectivity index (χ0n) is 22.5. The van der Waals surface area contributed by atoms with Crippen molar-refractivity contribution in [3.63, 3.8) is 0 Å². The molecule has 0 saturated carbocycles. The van der Waals surface area contributed by atoms with Gasteiger partial charge in [-0.05, 0) is 67.6 Å². The zero-order valence-corrected chi connectivity index (χ0v) is 22.5. The van der Waals surface area contributed by atoms with Crippen LogP contribution in [0.2, 0.25) is 0 Å². The van der Waals surface area contributed by atoms with E-state index in [0.29, 0.717) is 25.9 Å². The Labute approximate surface area is 220 Å². The summed E-state index contributed by atoms with van der Waals surface area (Å²) in [6.45, 7) is 6.71. The lowest BCUT2D eigenvalue weighted by atomic mass is 9.98. The van der Waals surface area contributed by atoms with E-state index >= 15 is 0 Å². The second-order valence-corrected chi connectivity index (χ2v) is 8.90. The van der Waals surface area contributed by atoms with Crippen molar-refractivity contribution in [2.75, 3.05) is 20.8 Å². The van der Waals surface area contributed by atoms with Gasteiger partial charge in [0.05, 0.1) is 19.8 Å². The Kier molecular flexibility index (Phi) is 10.6. The number of hydrogen-bond donors (Lipinski definition) is 0. The number of ether oxygens (including phenoxy) is 3. The fourth-order valence-electron chi connectivity index (χ4n) is 4.03. The summed E-state index contributed by atoms with van der Waals surface area (Å²) in [5, 5.41) is 4.34. The molecule has 3 aromatic carbocycles. The Balaban J connectivity index is 1.65. The van der Waals surface area contributed by atoms with Crippen LogP contribution in [0.1, 0.15) is 54.5 Å². The minimum Gasteiger partial charge on any atom is -0.493 e. The van der Waals surface area contributed by atoms with Gasteiger partial charge in [-0.25, -0.2) is 0 Å². The minimum absolute atomic E-state index is 0.0776. The van der Waals surface area contributed by atoms with Gasteiger partial charge in [0.25, 0.3) is 0 Å². The van der Waals surface area contributed by atoms with Crippen LogP contribution in [0.3, 0.4) is 0 Å². The third kappa shape index (κ3) is 8.10. The summed E-state index contributed by atoms with van der Waals surface area (Å²) in [6.07, 6.45) is 2.56. The van der Waals surface area contributed by atoms with E-state index < -0.39 is 0 Å². The van der Waals surface area contributed by atoms with Crippen LogP contribution >= 0.6 is 0 Å². The maximum absolute atomic E-state index is 11.4. The summed E-state index contributed by atoms with van der Waals surface area (Å²) in [5.74, 6) is 1.36. The SMILES string of the molecule is CCc1ccc(O[C@H](C)CCOc2ccc(CCC(=O)OC)c(C)c2)c(C(=NOC)c2ccccc2)c1. The lowest BCUT2D eigenvalue weighted by Gasteiger charge is -2.19. The van der Waals surface area contributed by atoms with Crippen molar-refractivity contribution in [2.24, 2.45) is 5.16 Å². The first-order valence-corrected chi connectivity index (χ1v) is 12.7. The Morgan fingerprint density at radius 1 is 1.00 bits per heavy atom. The molecule has 0 amide bonds. The van der Waals surface area contributed by atoms with Crippen molar-refractivity contribution in [3.05, 3.63) is 94.5 Å². The molecule has 37 heavy (non-hydrogen) atoms. The molecule has 0 radical (unpaired) electrons. The van der Waals surface area contributed by atoms with Crippen LogP contribution in [0.15, 0.2) is 71.9 Å². The average Bonchev–Trinajstić information content (AvgIpc) is 2.92. The third-order valence-electron chi connectivity index (χ3n) is 6.20. The predicted octanol–water partition coefficient (Wildman–Crippen LogP) is 6.30. The van der Waals surface area contributed by atoms with E-state index in [1.54, 1.807) is 7.11 Å². The number of methoxy groups -OCH3 is 1. The molecule has 0 heterocycles. The molecule has 6 heteroatoms. The number of benzene rings is 3. The van der Waals surface area contributed by atoms with Gasteiger partial charge in [-0.2, -0.15) is 0 Å². The molecule has 0 N–H and O–H groups in total. The molecule has 0 aliphatic rings. The molecule has 1 atom stereocenters. The monoisotopic (exact) mass is 503 g/mol. The van der Waals surface area contributed by atoms with Crippen LogP contribution in [-0.4, -0.2) is 38.6 Å². The van der Waals surface area contributed by atoms with Crippen LogP contribution in [0.4, 0.5) is 0 Å². The van der Waals surface area contributed by atoms with Gasteiger partial charge < -0.3 is 19.0 Å². The lowest BCUT2D eigenvalue weighted by molar-refractivity contribution is -0.140. The van der Waals surface area contributed by atoms with Gasteiger partial charge in [0.2, 0.25) is 0 Å². The molecule has 0 aliphatic carbocycles. The first-order chi connectivity index (χ1) is 17.9. The van der Waals surface area contributed by atoms with E-state index in [4.69, 9.17) is 19.0 Å². The topological polar surface area (TPSA) is 66.4 Å². The Bertz CT molecular complexity index is 1190. The van der Waals surface area contributed by atoms with Gasteiger partial charge >= 0.3 is 5.97 Å². The number of aryl methyl sites for hydroxylation is 3. The van der Waals surface area contributed by atoms with E-state index in [0.717, 1.165) is 45.9 Å². The van der Waals surface area contributed by atoms with Crippen LogP contribution < -0.4 is 9.47 Å². The molecule has 6 nitrogen and oxygen atoms in total. The summed E-state index contributed by atoms with van der Waals surface area (Å²) >= 11 is 0. The molecule has 196 valence electrons. The quantitative estimate of drug-likeness (QED) is 0.156. The summed E-state index contributed by atoms with van der Waals surface area (Å²) in [5.41, 5.74) is 6.01. The Hall–Kier alpha value is -3.80. The van der Waals surface area contributed by atoms with Crippen molar-refractivity contribution in [1.29, 1.82) is 0 Å². The summed E-state index contributed by atoms with van der Waals surface area (Å²) < 4.78 is 17.1. The van der Waals surface area contributed by atoms with Crippen molar-refractivity contribution in [2.45, 2.75) is 52.6 Å². The Morgan fingerprint density at radius 3 is 2.46 bits per heavy atom. The maximum atomic E-state index is 11.4. The maximum Gasteiger partial charge on any atom is 0.305 e. The molecule has 0 saturated heterocycles. The first-order valence-electron chi connectivity index (χ1n) is 12.7. The number of rotatable bonds is 13. The second kappa shape index (κ2) is 14.1. The molecular formula is C31H37NO5. The zero-order chi connectivity index (χ0) is 26.6. The van der Waals surface area contributed by atoms with Crippen LogP contribution in [0.5, 0.6) is 11.5 Å². The first kappa shape index (κ1) is 27.8. The van der Waals surface area contributed by atoms with Gasteiger partial charge in [0.1, 0.15) is 24.3 Å². The van der Waals surface area contributed by atoms with E-state index in [-0.39, 0.29) is 12.1 Å². The molecule has 0 spiro atoms. The van der Waals surface area contributed by atoms with Crippen molar-refractivity contribution in [1.82, 2.24) is 0 Å². The third-order valence-corrected chi connectivity index (χ3v) is 6.20. The normalized spacial score (nSPS) is 12.1. The number of esters is 1. The highest BCUT2D eigenvalue weighted by molar-refractivity contribution is 6.14. The van der Waals surface area contributed by atoms with Crippen molar-refractivity contribution >= 4 is 11.7 Å². The standard InChI is InChI=1S/C31H37NO5/c1-6-24-12-16-29(28(21-24)31(32-35-5)26-10-8-7-9-11-26)37-23(3)18-19-36-27-15-13-25(22(2)20-27)14-17-30(33)34-4/h7-13,15-16,20-21,23H,6,14,17-19H2,1-5H3/t23-/m1/s1. The molecule has 3 rings (SSSR count). The highest BCUT2D eigenvalue weighted by Gasteiger charge is 2.17. The van der Waals surface area contributed by atoms with Crippen LogP contribution in [0.25, 0.3) is 0 Å². The summed E-state index contributed by atoms with van der Waals surface area (Å²) in [6, 6.07) is 22.2. The summed E-state index contributed by atoms with van der Waals surface area (Å²) in [4.78, 5) is 16.6. The molecule has 0 aliphatic heterocycles. The fraction of sp³-hybridized carbons (Fsp3) is 0.355. The molecule has 3 aromatic rings. The number of nitrogens with zero attached hydrogens (tertiary/aromatic N) is 1. The molecule has 0 unspecified atom stereocenters. The number of oxime groups is 1. The average molecular weight is 504 g/mol. The van der Waals surface area contributed by atoms with Crippen molar-refractivity contribution < 1.29 is 23.8 Å². The molecular weight excluding hydrogens is 466 g/mol. The fourth-order valence-corrected chi connectivity index (χ4v) is 4.03. The van der Waals surface area contributed by atoms with E-state index in [9.17, 15) is 4.79 Å². The van der Waals surface area contributed by atoms with Crippen LogP contribution in [-0.2, 0) is 27.2 Å². The van der Waals surface area contributed by atoms with Gasteiger partial charge in [-0.1, -0.05) is 54.5 Å². The largest absolute Gasteiger partial charge is 0.493 e. The van der Waals surface area contributed by atoms with E-state index in [1.165, 1.54) is 12.7 Å². The van der Waals surface area contributed by atoms with Crippen molar-refractivity contribution in [3.8, 4) is 11.5 Å². The number of hydrogen-bond acceptors (Lipinski definition) is 6. The van der Waals surface area contributed by atoms with E-state index in [2.05, 4.69) is 24.2 Å². The summed E-state index contributed by atoms with van der Waals surface area (Å²) in [7, 11) is 2.97. The molecule has 0 fully saturated rings. The van der Waals surface area contributed by atoms with Gasteiger partial charge in [-0.3, -0.25) is 4.79 Å². The minimum atomic E-state index is -0.203. The number of carbonyl (C=O) groups excluding carboxylic acids is 1.